The van der Waals surface area contributed by atoms with Gasteiger partial charge in [-0.3, -0.25) is 0 Å². The van der Waals surface area contributed by atoms with Crippen LogP contribution in [0, 0.1) is 11.2 Å². The second-order valence-electron chi connectivity index (χ2n) is 8.53. The van der Waals surface area contributed by atoms with Crippen molar-refractivity contribution in [3.05, 3.63) is 71.0 Å². The van der Waals surface area contributed by atoms with Crippen LogP contribution in [0.3, 0.4) is 0 Å². The van der Waals surface area contributed by atoms with E-state index in [-0.39, 0.29) is 35.4 Å². The molecule has 2 aliphatic carbocycles. The fourth-order valence-electron chi connectivity index (χ4n) is 5.35. The molecule has 2 aromatic rings. The van der Waals surface area contributed by atoms with Gasteiger partial charge in [0.2, 0.25) is 0 Å². The lowest BCUT2D eigenvalue weighted by Gasteiger charge is -2.60. The first-order chi connectivity index (χ1) is 13.6. The number of nitrogens with two attached hydrogens (primary N) is 1. The molecule has 3 atom stereocenters. The smallest absolute Gasteiger partial charge is 0.318 e. The van der Waals surface area contributed by atoms with Crippen molar-refractivity contribution in [1.29, 1.82) is 0 Å². The lowest BCUT2D eigenvalue weighted by molar-refractivity contribution is -0.0389. The molecule has 2 amide bonds. The summed E-state index contributed by atoms with van der Waals surface area (Å²) in [7, 11) is 0. The summed E-state index contributed by atoms with van der Waals surface area (Å²) in [6.45, 7) is 0.649. The van der Waals surface area contributed by atoms with Crippen LogP contribution in [0.1, 0.15) is 48.4 Å². The fourth-order valence-corrected chi connectivity index (χ4v) is 5.35. The van der Waals surface area contributed by atoms with Crippen molar-refractivity contribution in [2.24, 2.45) is 11.1 Å². The van der Waals surface area contributed by atoms with E-state index in [2.05, 4.69) is 17.4 Å². The van der Waals surface area contributed by atoms with Gasteiger partial charge in [0.15, 0.2) is 0 Å². The molecule has 1 spiro atoms. The van der Waals surface area contributed by atoms with E-state index in [1.807, 2.05) is 17.0 Å². The molecule has 5 heteroatoms. The molecule has 28 heavy (non-hydrogen) atoms. The molecular weight excluding hydrogens is 353 g/mol. The number of carbonyl (C=O) groups is 1. The summed E-state index contributed by atoms with van der Waals surface area (Å²) in [5.41, 5.74) is 9.69. The predicted molar refractivity (Wildman–Crippen MR) is 106 cm³/mol. The highest BCUT2D eigenvalue weighted by Gasteiger charge is 2.57. The topological polar surface area (TPSA) is 58.4 Å². The maximum absolute atomic E-state index is 13.5. The van der Waals surface area contributed by atoms with Crippen LogP contribution in [-0.2, 0) is 6.42 Å². The van der Waals surface area contributed by atoms with Gasteiger partial charge in [-0.2, -0.15) is 0 Å². The maximum Gasteiger partial charge on any atom is 0.318 e. The second kappa shape index (κ2) is 6.59. The Labute approximate surface area is 164 Å². The van der Waals surface area contributed by atoms with Crippen molar-refractivity contribution in [3.8, 4) is 0 Å². The van der Waals surface area contributed by atoms with Crippen LogP contribution >= 0.6 is 0 Å². The predicted octanol–water partition coefficient (Wildman–Crippen LogP) is 3.75. The van der Waals surface area contributed by atoms with Crippen molar-refractivity contribution in [2.75, 3.05) is 6.54 Å². The standard InChI is InChI=1S/C23H26FN3O/c24-17-8-6-16(7-9-17)21-18-5-2-1-4-15(18)10-13-27(21)22(28)26-20-14-19(25)23(20)11-3-12-23/h1-2,4-9,19-21H,3,10-14,25H2,(H,26,28)/t19-,20+,21+/m1/s1. The van der Waals surface area contributed by atoms with E-state index in [9.17, 15) is 9.18 Å². The van der Waals surface area contributed by atoms with Crippen molar-refractivity contribution in [1.82, 2.24) is 10.2 Å². The van der Waals surface area contributed by atoms with Crippen LogP contribution in [0.5, 0.6) is 0 Å². The van der Waals surface area contributed by atoms with Gasteiger partial charge in [0, 0.05) is 24.0 Å². The molecule has 0 bridgehead atoms. The molecule has 3 N–H and O–H groups in total. The van der Waals surface area contributed by atoms with E-state index in [1.54, 1.807) is 12.1 Å². The number of rotatable bonds is 2. The molecule has 3 aliphatic rings. The van der Waals surface area contributed by atoms with E-state index in [4.69, 9.17) is 5.73 Å². The summed E-state index contributed by atoms with van der Waals surface area (Å²) in [5.74, 6) is -0.265. The maximum atomic E-state index is 13.5. The molecule has 2 fully saturated rings. The van der Waals surface area contributed by atoms with Crippen molar-refractivity contribution >= 4 is 6.03 Å². The van der Waals surface area contributed by atoms with E-state index in [0.717, 1.165) is 36.8 Å². The molecule has 4 nitrogen and oxygen atoms in total. The molecule has 0 unspecified atom stereocenters. The highest BCUT2D eigenvalue weighted by atomic mass is 19.1. The molecule has 146 valence electrons. The van der Waals surface area contributed by atoms with Gasteiger partial charge in [0.1, 0.15) is 5.82 Å². The number of carbonyl (C=O) groups excluding carboxylic acids is 1. The summed E-state index contributed by atoms with van der Waals surface area (Å²) in [6, 6.07) is 14.9. The summed E-state index contributed by atoms with van der Waals surface area (Å²) in [4.78, 5) is 15.2. The number of nitrogens with zero attached hydrogens (tertiary/aromatic N) is 1. The van der Waals surface area contributed by atoms with Crippen LogP contribution in [0.4, 0.5) is 9.18 Å². The number of amides is 2. The van der Waals surface area contributed by atoms with Crippen molar-refractivity contribution < 1.29 is 9.18 Å². The SMILES string of the molecule is N[C@@H]1C[C@H](NC(=O)N2CCc3ccccc3[C@@H]2c2ccc(F)cc2)C12CCC2. The summed E-state index contributed by atoms with van der Waals surface area (Å²) < 4.78 is 13.5. The molecule has 1 aliphatic heterocycles. The van der Waals surface area contributed by atoms with Gasteiger partial charge in [0.05, 0.1) is 6.04 Å². The highest BCUT2D eigenvalue weighted by Crippen LogP contribution is 2.55. The van der Waals surface area contributed by atoms with Crippen molar-refractivity contribution in [2.45, 2.75) is 50.2 Å². The number of nitrogens with one attached hydrogen (secondary N) is 1. The molecule has 0 saturated heterocycles. The average Bonchev–Trinajstić information content (AvgIpc) is 2.66. The zero-order valence-electron chi connectivity index (χ0n) is 15.9. The molecule has 2 aromatic carbocycles. The Balaban J connectivity index is 1.44. The minimum atomic E-state index is -0.265. The minimum Gasteiger partial charge on any atom is -0.335 e. The largest absolute Gasteiger partial charge is 0.335 e. The van der Waals surface area contributed by atoms with Crippen LogP contribution in [-0.4, -0.2) is 29.6 Å². The third kappa shape index (κ3) is 2.64. The lowest BCUT2D eigenvalue weighted by atomic mass is 9.50. The minimum absolute atomic E-state index is 0.0352. The van der Waals surface area contributed by atoms with Crippen LogP contribution in [0.25, 0.3) is 0 Å². The molecule has 1 heterocycles. The van der Waals surface area contributed by atoms with E-state index in [0.29, 0.717) is 6.54 Å². The van der Waals surface area contributed by atoms with Crippen LogP contribution < -0.4 is 11.1 Å². The lowest BCUT2D eigenvalue weighted by Crippen LogP contribution is -2.70. The molecule has 5 rings (SSSR count). The Bertz CT molecular complexity index is 893. The fraction of sp³-hybridized carbons (Fsp3) is 0.435. The van der Waals surface area contributed by atoms with Gasteiger partial charge in [-0.1, -0.05) is 42.8 Å². The molecule has 2 saturated carbocycles. The van der Waals surface area contributed by atoms with Crippen LogP contribution in [0.2, 0.25) is 0 Å². The summed E-state index contributed by atoms with van der Waals surface area (Å²) in [6.07, 6.45) is 5.12. The Morgan fingerprint density at radius 2 is 1.89 bits per heavy atom. The van der Waals surface area contributed by atoms with Gasteiger partial charge in [0.25, 0.3) is 0 Å². The third-order valence-corrected chi connectivity index (χ3v) is 7.23. The number of hydrogen-bond acceptors (Lipinski definition) is 2. The van der Waals surface area contributed by atoms with Crippen molar-refractivity contribution in [3.63, 3.8) is 0 Å². The van der Waals surface area contributed by atoms with Gasteiger partial charge in [-0.15, -0.1) is 0 Å². The Kier molecular flexibility index (Phi) is 4.16. The number of fused-ring (bicyclic) bond motifs is 1. The Morgan fingerprint density at radius 3 is 2.57 bits per heavy atom. The normalized spacial score (nSPS) is 27.5. The summed E-state index contributed by atoms with van der Waals surface area (Å²) >= 11 is 0. The zero-order chi connectivity index (χ0) is 19.3. The number of urea groups is 1. The first kappa shape index (κ1) is 17.7. The first-order valence-corrected chi connectivity index (χ1v) is 10.2. The summed E-state index contributed by atoms with van der Waals surface area (Å²) in [5, 5.41) is 3.28. The average molecular weight is 379 g/mol. The second-order valence-corrected chi connectivity index (χ2v) is 8.53. The first-order valence-electron chi connectivity index (χ1n) is 10.2. The molecule has 0 radical (unpaired) electrons. The molecule has 0 aromatic heterocycles. The highest BCUT2D eigenvalue weighted by molar-refractivity contribution is 5.76. The van der Waals surface area contributed by atoms with Gasteiger partial charge in [-0.05, 0) is 54.5 Å². The number of hydrogen-bond donors (Lipinski definition) is 2. The van der Waals surface area contributed by atoms with E-state index in [1.165, 1.54) is 24.1 Å². The van der Waals surface area contributed by atoms with Crippen LogP contribution in [0.15, 0.2) is 48.5 Å². The number of benzene rings is 2. The Hall–Kier alpha value is -2.40. The monoisotopic (exact) mass is 379 g/mol. The van der Waals surface area contributed by atoms with Gasteiger partial charge < -0.3 is 16.0 Å². The quantitative estimate of drug-likeness (QED) is 0.835. The number of halogens is 1. The zero-order valence-corrected chi connectivity index (χ0v) is 15.9. The van der Waals surface area contributed by atoms with E-state index >= 15 is 0 Å². The third-order valence-electron chi connectivity index (χ3n) is 7.23. The Morgan fingerprint density at radius 1 is 1.14 bits per heavy atom. The van der Waals surface area contributed by atoms with Gasteiger partial charge in [-0.25, -0.2) is 9.18 Å². The van der Waals surface area contributed by atoms with Gasteiger partial charge >= 0.3 is 6.03 Å². The molecular formula is C23H26FN3O. The van der Waals surface area contributed by atoms with E-state index < -0.39 is 0 Å².